The molecular formula is C10H8O5. The van der Waals surface area contributed by atoms with Crippen molar-refractivity contribution in [3.63, 3.8) is 0 Å². The first-order valence-electron chi connectivity index (χ1n) is 4.00. The number of benzene rings is 1. The fourth-order valence-corrected chi connectivity index (χ4v) is 1.06. The second kappa shape index (κ2) is 4.36. The summed E-state index contributed by atoms with van der Waals surface area (Å²) in [5.41, 5.74) is -0.0342. The summed E-state index contributed by atoms with van der Waals surface area (Å²) in [5.74, 6) is -1.77. The molecule has 0 saturated heterocycles. The van der Waals surface area contributed by atoms with E-state index in [1.54, 1.807) is 0 Å². The third-order valence-corrected chi connectivity index (χ3v) is 1.73. The molecule has 0 amide bonds. The van der Waals surface area contributed by atoms with E-state index in [4.69, 9.17) is 0 Å². The maximum absolute atomic E-state index is 11.1. The number of aromatic hydroxyl groups is 1. The quantitative estimate of drug-likeness (QED) is 0.339. The van der Waals surface area contributed by atoms with Gasteiger partial charge in [-0.05, 0) is 18.2 Å². The fraction of sp³-hybridized carbons (Fsp3) is 0.100. The van der Waals surface area contributed by atoms with Crippen LogP contribution in [-0.2, 0) is 9.53 Å². The molecular weight excluding hydrogens is 200 g/mol. The van der Waals surface area contributed by atoms with Crippen molar-refractivity contribution < 1.29 is 24.2 Å². The van der Waals surface area contributed by atoms with Crippen LogP contribution in [0.5, 0.6) is 5.75 Å². The number of aldehydes is 1. The molecule has 0 saturated carbocycles. The Morgan fingerprint density at radius 2 is 1.87 bits per heavy atom. The fourth-order valence-electron chi connectivity index (χ4n) is 1.06. The Hall–Kier alpha value is -2.17. The summed E-state index contributed by atoms with van der Waals surface area (Å²) in [5, 5.41) is 9.21. The van der Waals surface area contributed by atoms with Gasteiger partial charge in [0.05, 0.1) is 12.7 Å². The molecule has 1 aromatic rings. The van der Waals surface area contributed by atoms with E-state index in [0.717, 1.165) is 12.1 Å². The predicted octanol–water partition coefficient (Wildman–Crippen LogP) is 0.560. The highest BCUT2D eigenvalue weighted by Gasteiger charge is 2.12. The van der Waals surface area contributed by atoms with Crippen LogP contribution in [0.15, 0.2) is 18.2 Å². The highest BCUT2D eigenvalue weighted by Crippen LogP contribution is 2.16. The lowest BCUT2D eigenvalue weighted by Gasteiger charge is -2.02. The van der Waals surface area contributed by atoms with Gasteiger partial charge in [-0.2, -0.15) is 0 Å². The standard InChI is InChI=1S/C10H8O5/c1-15-10(14)7-2-6(9(13)5-11)3-8(12)4-7/h2-5,12H,1H3. The first kappa shape index (κ1) is 10.9. The molecule has 0 atom stereocenters. The third-order valence-electron chi connectivity index (χ3n) is 1.73. The number of methoxy groups -OCH3 is 1. The first-order chi connectivity index (χ1) is 7.08. The van der Waals surface area contributed by atoms with Crippen LogP contribution in [0.1, 0.15) is 20.7 Å². The zero-order valence-electron chi connectivity index (χ0n) is 7.89. The van der Waals surface area contributed by atoms with Gasteiger partial charge in [0, 0.05) is 5.56 Å². The zero-order chi connectivity index (χ0) is 11.4. The number of phenols is 1. The van der Waals surface area contributed by atoms with Crippen LogP contribution in [0.2, 0.25) is 0 Å². The summed E-state index contributed by atoms with van der Waals surface area (Å²) >= 11 is 0. The number of hydrogen-bond acceptors (Lipinski definition) is 5. The monoisotopic (exact) mass is 208 g/mol. The summed E-state index contributed by atoms with van der Waals surface area (Å²) < 4.78 is 4.41. The number of carbonyl (C=O) groups is 3. The molecule has 1 aromatic carbocycles. The largest absolute Gasteiger partial charge is 0.508 e. The van der Waals surface area contributed by atoms with Gasteiger partial charge in [-0.3, -0.25) is 9.59 Å². The molecule has 15 heavy (non-hydrogen) atoms. The number of Topliss-reactive ketones (excluding diaryl/α,β-unsaturated/α-hetero) is 1. The number of hydrogen-bond donors (Lipinski definition) is 1. The molecule has 0 heterocycles. The van der Waals surface area contributed by atoms with E-state index < -0.39 is 11.8 Å². The first-order valence-corrected chi connectivity index (χ1v) is 4.00. The molecule has 0 radical (unpaired) electrons. The number of ketones is 1. The highest BCUT2D eigenvalue weighted by molar-refractivity contribution is 6.33. The second-order valence-electron chi connectivity index (χ2n) is 2.74. The maximum Gasteiger partial charge on any atom is 0.338 e. The molecule has 0 aliphatic rings. The minimum atomic E-state index is -0.809. The molecule has 0 aliphatic heterocycles. The lowest BCUT2D eigenvalue weighted by molar-refractivity contribution is -0.104. The van der Waals surface area contributed by atoms with E-state index in [-0.39, 0.29) is 23.2 Å². The van der Waals surface area contributed by atoms with Gasteiger partial charge in [0.2, 0.25) is 5.78 Å². The molecule has 1 rings (SSSR count). The summed E-state index contributed by atoms with van der Waals surface area (Å²) in [7, 11) is 1.17. The lowest BCUT2D eigenvalue weighted by atomic mass is 10.1. The van der Waals surface area contributed by atoms with Gasteiger partial charge < -0.3 is 9.84 Å². The molecule has 0 spiro atoms. The molecule has 1 N–H and O–H groups in total. The number of ether oxygens (including phenoxy) is 1. The van der Waals surface area contributed by atoms with Crippen molar-refractivity contribution in [3.05, 3.63) is 29.3 Å². The van der Waals surface area contributed by atoms with E-state index in [1.807, 2.05) is 0 Å². The van der Waals surface area contributed by atoms with Gasteiger partial charge in [0.1, 0.15) is 5.75 Å². The average molecular weight is 208 g/mol. The van der Waals surface area contributed by atoms with Crippen LogP contribution < -0.4 is 0 Å². The normalized spacial score (nSPS) is 9.40. The summed E-state index contributed by atoms with van der Waals surface area (Å²) in [6.45, 7) is 0. The molecule has 78 valence electrons. The van der Waals surface area contributed by atoms with Crippen LogP contribution in [0, 0.1) is 0 Å². The molecule has 0 aromatic heterocycles. The molecule has 0 fully saturated rings. The van der Waals surface area contributed by atoms with E-state index in [2.05, 4.69) is 4.74 Å². The van der Waals surface area contributed by atoms with E-state index in [9.17, 15) is 19.5 Å². The van der Waals surface area contributed by atoms with E-state index in [1.165, 1.54) is 13.2 Å². The summed E-state index contributed by atoms with van der Waals surface area (Å²) in [6.07, 6.45) is 0.107. The minimum Gasteiger partial charge on any atom is -0.508 e. The van der Waals surface area contributed by atoms with E-state index in [0.29, 0.717) is 0 Å². The molecule has 5 nitrogen and oxygen atoms in total. The summed E-state index contributed by atoms with van der Waals surface area (Å²) in [6, 6.07) is 3.43. The van der Waals surface area contributed by atoms with Crippen LogP contribution in [-0.4, -0.2) is 30.3 Å². The number of carbonyl (C=O) groups excluding carboxylic acids is 3. The minimum absolute atomic E-state index is 0.0164. The Morgan fingerprint density at radius 3 is 2.40 bits per heavy atom. The van der Waals surface area contributed by atoms with Crippen molar-refractivity contribution in [1.29, 1.82) is 0 Å². The Labute approximate surface area is 85.3 Å². The SMILES string of the molecule is COC(=O)c1cc(O)cc(C(=O)C=O)c1. The van der Waals surface area contributed by atoms with Crippen LogP contribution >= 0.6 is 0 Å². The smallest absolute Gasteiger partial charge is 0.338 e. The Morgan fingerprint density at radius 1 is 1.27 bits per heavy atom. The number of esters is 1. The Balaban J connectivity index is 3.21. The Bertz CT molecular complexity index is 422. The van der Waals surface area contributed by atoms with Gasteiger partial charge in [-0.1, -0.05) is 0 Å². The van der Waals surface area contributed by atoms with Gasteiger partial charge in [-0.15, -0.1) is 0 Å². The number of phenolic OH excluding ortho intramolecular Hbond substituents is 1. The Kier molecular flexibility index (Phi) is 3.17. The molecule has 0 bridgehead atoms. The van der Waals surface area contributed by atoms with Crippen molar-refractivity contribution in [2.45, 2.75) is 0 Å². The molecule has 0 aliphatic carbocycles. The second-order valence-corrected chi connectivity index (χ2v) is 2.74. The number of rotatable bonds is 3. The lowest BCUT2D eigenvalue weighted by Crippen LogP contribution is -2.05. The van der Waals surface area contributed by atoms with Crippen molar-refractivity contribution >= 4 is 18.0 Å². The average Bonchev–Trinajstić information content (AvgIpc) is 2.26. The van der Waals surface area contributed by atoms with Gasteiger partial charge in [-0.25, -0.2) is 4.79 Å². The van der Waals surface area contributed by atoms with Crippen molar-refractivity contribution in [2.24, 2.45) is 0 Å². The highest BCUT2D eigenvalue weighted by atomic mass is 16.5. The third kappa shape index (κ3) is 2.40. The maximum atomic E-state index is 11.1. The topological polar surface area (TPSA) is 80.7 Å². The van der Waals surface area contributed by atoms with Crippen molar-refractivity contribution in [1.82, 2.24) is 0 Å². The van der Waals surface area contributed by atoms with Crippen LogP contribution in [0.4, 0.5) is 0 Å². The summed E-state index contributed by atoms with van der Waals surface area (Å²) in [4.78, 5) is 32.3. The van der Waals surface area contributed by atoms with Gasteiger partial charge in [0.25, 0.3) is 0 Å². The van der Waals surface area contributed by atoms with Crippen LogP contribution in [0.3, 0.4) is 0 Å². The van der Waals surface area contributed by atoms with E-state index >= 15 is 0 Å². The van der Waals surface area contributed by atoms with Crippen molar-refractivity contribution in [2.75, 3.05) is 7.11 Å². The predicted molar refractivity (Wildman–Crippen MR) is 49.8 cm³/mol. The van der Waals surface area contributed by atoms with Crippen LogP contribution in [0.25, 0.3) is 0 Å². The van der Waals surface area contributed by atoms with Gasteiger partial charge >= 0.3 is 5.97 Å². The van der Waals surface area contributed by atoms with Gasteiger partial charge in [0.15, 0.2) is 6.29 Å². The molecule has 5 heteroatoms. The molecule has 0 unspecified atom stereocenters. The van der Waals surface area contributed by atoms with Crippen molar-refractivity contribution in [3.8, 4) is 5.75 Å². The zero-order valence-corrected chi connectivity index (χ0v) is 7.89.